The third-order valence-corrected chi connectivity index (χ3v) is 2.47. The zero-order valence-corrected chi connectivity index (χ0v) is 9.04. The highest BCUT2D eigenvalue weighted by Crippen LogP contribution is 2.18. The molecule has 0 unspecified atom stereocenters. The Hall–Kier alpha value is -1.68. The van der Waals surface area contributed by atoms with Crippen molar-refractivity contribution in [2.75, 3.05) is 7.11 Å². The fourth-order valence-electron chi connectivity index (χ4n) is 1.29. The van der Waals surface area contributed by atoms with Gasteiger partial charge in [-0.05, 0) is 23.8 Å². The van der Waals surface area contributed by atoms with E-state index in [-0.39, 0.29) is 0 Å². The molecule has 1 aromatic rings. The Labute approximate surface area is 93.3 Å². The summed E-state index contributed by atoms with van der Waals surface area (Å²) in [7, 11) is 1.64. The summed E-state index contributed by atoms with van der Waals surface area (Å²) in [5, 5.41) is 0. The van der Waals surface area contributed by atoms with Gasteiger partial charge in [-0.3, -0.25) is 0 Å². The number of ether oxygens (including phenoxy) is 1. The summed E-state index contributed by atoms with van der Waals surface area (Å²) in [6.07, 6.45) is 1.92. The number of nitrogens with two attached hydrogens (primary N) is 1. The van der Waals surface area contributed by atoms with Crippen LogP contribution in [0.4, 0.5) is 0 Å². The van der Waals surface area contributed by atoms with Crippen molar-refractivity contribution < 1.29 is 4.74 Å². The molecule has 76 valence electrons. The lowest BCUT2D eigenvalue weighted by Crippen LogP contribution is -2.29. The van der Waals surface area contributed by atoms with Crippen molar-refractivity contribution in [1.82, 2.24) is 0 Å². The van der Waals surface area contributed by atoms with Crippen LogP contribution in [0.25, 0.3) is 6.08 Å². The first kappa shape index (κ1) is 9.86. The topological polar surface area (TPSA) is 47.6 Å². The lowest BCUT2D eigenvalue weighted by atomic mass is 10.1. The van der Waals surface area contributed by atoms with E-state index < -0.39 is 0 Å². The molecule has 1 aromatic carbocycles. The lowest BCUT2D eigenvalue weighted by Gasteiger charge is -2.14. The number of hydrogen-bond donors (Lipinski definition) is 1. The maximum absolute atomic E-state index is 5.59. The summed E-state index contributed by atoms with van der Waals surface area (Å²) in [6, 6.07) is 7.67. The number of methoxy groups -OCH3 is 1. The van der Waals surface area contributed by atoms with E-state index in [9.17, 15) is 0 Å². The van der Waals surface area contributed by atoms with E-state index in [2.05, 4.69) is 4.99 Å². The molecule has 15 heavy (non-hydrogen) atoms. The minimum Gasteiger partial charge on any atom is -0.497 e. The second kappa shape index (κ2) is 3.82. The quantitative estimate of drug-likeness (QED) is 0.608. The van der Waals surface area contributed by atoms with Gasteiger partial charge in [-0.25, -0.2) is 4.99 Å². The van der Waals surface area contributed by atoms with Gasteiger partial charge < -0.3 is 10.5 Å². The molecule has 2 N–H and O–H groups in total. The number of aliphatic imine (C=N–C) groups is 1. The van der Waals surface area contributed by atoms with Crippen LogP contribution in [0.5, 0.6) is 5.75 Å². The molecule has 0 fully saturated rings. The van der Waals surface area contributed by atoms with E-state index in [1.165, 1.54) is 0 Å². The minimum absolute atomic E-state index is 0.510. The van der Waals surface area contributed by atoms with Crippen LogP contribution < -0.4 is 10.5 Å². The first-order valence-electron chi connectivity index (χ1n) is 4.45. The predicted octanol–water partition coefficient (Wildman–Crippen LogP) is 1.78. The van der Waals surface area contributed by atoms with Gasteiger partial charge in [-0.1, -0.05) is 24.4 Å². The van der Waals surface area contributed by atoms with Gasteiger partial charge in [0.2, 0.25) is 0 Å². The smallest absolute Gasteiger partial charge is 0.139 e. The monoisotopic (exact) mass is 218 g/mol. The predicted molar refractivity (Wildman–Crippen MR) is 65.2 cm³/mol. The van der Waals surface area contributed by atoms with E-state index in [0.717, 1.165) is 16.9 Å². The average molecular weight is 218 g/mol. The van der Waals surface area contributed by atoms with Crippen LogP contribution in [0.1, 0.15) is 5.56 Å². The normalized spacial score (nSPS) is 17.3. The van der Waals surface area contributed by atoms with Crippen LogP contribution in [0.2, 0.25) is 0 Å². The maximum Gasteiger partial charge on any atom is 0.139 e. The Morgan fingerprint density at radius 3 is 2.47 bits per heavy atom. The Kier molecular flexibility index (Phi) is 2.51. The molecule has 1 aliphatic heterocycles. The van der Waals surface area contributed by atoms with Gasteiger partial charge in [0.05, 0.1) is 12.7 Å². The van der Waals surface area contributed by atoms with Crippen molar-refractivity contribution in [3.05, 3.63) is 35.4 Å². The largest absolute Gasteiger partial charge is 0.497 e. The number of nitrogens with zero attached hydrogens (tertiary/aromatic N) is 1. The van der Waals surface area contributed by atoms with Crippen LogP contribution in [0, 0.1) is 0 Å². The summed E-state index contributed by atoms with van der Waals surface area (Å²) in [5.74, 6) is 1.34. The van der Waals surface area contributed by atoms with E-state index in [1.54, 1.807) is 7.11 Å². The molecule has 0 saturated heterocycles. The van der Waals surface area contributed by atoms with Gasteiger partial charge in [0.1, 0.15) is 16.6 Å². The van der Waals surface area contributed by atoms with E-state index in [1.807, 2.05) is 30.3 Å². The summed E-state index contributed by atoms with van der Waals surface area (Å²) in [4.78, 5) is 4.44. The number of thiocarbonyl (C=S) groups is 1. The molecule has 0 aromatic heterocycles. The Morgan fingerprint density at radius 2 is 2.00 bits per heavy atom. The van der Waals surface area contributed by atoms with Crippen LogP contribution in [-0.2, 0) is 0 Å². The molecular weight excluding hydrogens is 208 g/mol. The number of hydrogen-bond acceptors (Lipinski definition) is 3. The molecule has 0 atom stereocenters. The summed E-state index contributed by atoms with van der Waals surface area (Å²) < 4.78 is 5.06. The van der Waals surface area contributed by atoms with Crippen molar-refractivity contribution in [3.8, 4) is 5.75 Å². The fourth-order valence-corrected chi connectivity index (χ4v) is 1.55. The number of amidine groups is 1. The SMILES string of the molecule is COc1ccc(/C=C2\C(=S)N=C2N)cc1. The molecule has 0 amide bonds. The second-order valence-corrected chi connectivity index (χ2v) is 3.52. The molecule has 1 aliphatic rings. The number of rotatable bonds is 2. The molecule has 4 heteroatoms. The highest BCUT2D eigenvalue weighted by Gasteiger charge is 2.18. The molecule has 1 heterocycles. The third kappa shape index (κ3) is 1.89. The van der Waals surface area contributed by atoms with Gasteiger partial charge in [-0.15, -0.1) is 0 Å². The molecule has 0 spiro atoms. The first-order chi connectivity index (χ1) is 7.20. The Bertz CT molecular complexity index is 460. The standard InChI is InChI=1S/C11H10N2OS/c1-14-8-4-2-7(3-5-8)6-9-10(12)13-11(9)15/h2-6H,1H3,(H2,12,13,15)/b9-6-. The van der Waals surface area contributed by atoms with Crippen molar-refractivity contribution in [2.24, 2.45) is 10.7 Å². The van der Waals surface area contributed by atoms with Crippen molar-refractivity contribution in [1.29, 1.82) is 0 Å². The molecule has 0 saturated carbocycles. The minimum atomic E-state index is 0.510. The van der Waals surface area contributed by atoms with E-state index in [4.69, 9.17) is 22.7 Å². The van der Waals surface area contributed by atoms with Crippen LogP contribution in [0.15, 0.2) is 34.8 Å². The van der Waals surface area contributed by atoms with Gasteiger partial charge in [-0.2, -0.15) is 0 Å². The summed E-state index contributed by atoms with van der Waals surface area (Å²) in [6.45, 7) is 0. The van der Waals surface area contributed by atoms with Crippen molar-refractivity contribution >= 4 is 29.1 Å². The molecule has 0 radical (unpaired) electrons. The Morgan fingerprint density at radius 1 is 1.33 bits per heavy atom. The van der Waals surface area contributed by atoms with Crippen molar-refractivity contribution in [2.45, 2.75) is 0 Å². The highest BCUT2D eigenvalue weighted by molar-refractivity contribution is 7.81. The van der Waals surface area contributed by atoms with Crippen LogP contribution in [-0.4, -0.2) is 17.9 Å². The molecule has 3 nitrogen and oxygen atoms in total. The van der Waals surface area contributed by atoms with Gasteiger partial charge in [0.15, 0.2) is 0 Å². The first-order valence-corrected chi connectivity index (χ1v) is 4.86. The Balaban J connectivity index is 2.25. The fraction of sp³-hybridized carbons (Fsp3) is 0.0909. The van der Waals surface area contributed by atoms with E-state index in [0.29, 0.717) is 10.8 Å². The van der Waals surface area contributed by atoms with Gasteiger partial charge >= 0.3 is 0 Å². The molecular formula is C11H10N2OS. The lowest BCUT2D eigenvalue weighted by molar-refractivity contribution is 0.415. The maximum atomic E-state index is 5.59. The van der Waals surface area contributed by atoms with Gasteiger partial charge in [0.25, 0.3) is 0 Å². The zero-order chi connectivity index (χ0) is 10.8. The van der Waals surface area contributed by atoms with E-state index >= 15 is 0 Å². The van der Waals surface area contributed by atoms with Crippen LogP contribution >= 0.6 is 12.2 Å². The summed E-state index contributed by atoms with van der Waals surface area (Å²) in [5.41, 5.74) is 7.46. The molecule has 2 rings (SSSR count). The summed E-state index contributed by atoms with van der Waals surface area (Å²) >= 11 is 4.97. The van der Waals surface area contributed by atoms with Gasteiger partial charge in [0, 0.05) is 0 Å². The second-order valence-electron chi connectivity index (χ2n) is 3.13. The van der Waals surface area contributed by atoms with Crippen molar-refractivity contribution in [3.63, 3.8) is 0 Å². The zero-order valence-electron chi connectivity index (χ0n) is 8.23. The van der Waals surface area contributed by atoms with Crippen LogP contribution in [0.3, 0.4) is 0 Å². The number of benzene rings is 1. The highest BCUT2D eigenvalue weighted by atomic mass is 32.1. The average Bonchev–Trinajstić information content (AvgIpc) is 2.27. The molecule has 0 bridgehead atoms. The molecule has 0 aliphatic carbocycles. The third-order valence-electron chi connectivity index (χ3n) is 2.16.